The van der Waals surface area contributed by atoms with Crippen molar-refractivity contribution in [2.45, 2.75) is 13.2 Å². The van der Waals surface area contributed by atoms with Crippen LogP contribution < -0.4 is 5.32 Å². The van der Waals surface area contributed by atoms with Crippen LogP contribution in [-0.4, -0.2) is 38.5 Å². The molecule has 1 heterocycles. The summed E-state index contributed by atoms with van der Waals surface area (Å²) in [6, 6.07) is 9.32. The van der Waals surface area contributed by atoms with Crippen molar-refractivity contribution in [3.8, 4) is 0 Å². The molecule has 0 fully saturated rings. The molecule has 0 aliphatic rings. The van der Waals surface area contributed by atoms with E-state index >= 15 is 0 Å². The number of rotatable bonds is 6. The number of nitrogens with zero attached hydrogens (tertiary/aromatic N) is 3. The summed E-state index contributed by atoms with van der Waals surface area (Å²) in [5, 5.41) is 14.9. The van der Waals surface area contributed by atoms with E-state index in [1.54, 1.807) is 0 Å². The lowest BCUT2D eigenvalue weighted by atomic mass is 10.2. The van der Waals surface area contributed by atoms with Crippen LogP contribution >= 0.6 is 0 Å². The number of aromatic nitrogens is 3. The summed E-state index contributed by atoms with van der Waals surface area (Å²) >= 11 is 0. The van der Waals surface area contributed by atoms with Gasteiger partial charge in [-0.15, -0.1) is 5.10 Å². The number of carbonyl (C=O) groups is 2. The van der Waals surface area contributed by atoms with Crippen molar-refractivity contribution in [2.75, 3.05) is 6.54 Å². The fraction of sp³-hybridized carbons (Fsp3) is 0.231. The minimum absolute atomic E-state index is 0.194. The number of alkyl carbamates (subject to hydrolysis) is 1. The van der Waals surface area contributed by atoms with E-state index in [1.165, 1.54) is 11.0 Å². The van der Waals surface area contributed by atoms with E-state index in [2.05, 4.69) is 15.4 Å². The molecule has 0 spiro atoms. The summed E-state index contributed by atoms with van der Waals surface area (Å²) in [6.45, 7) is 0.760. The summed E-state index contributed by atoms with van der Waals surface area (Å²) in [6.07, 6.45) is 0.748. The Morgan fingerprint density at radius 1 is 1.29 bits per heavy atom. The number of hydrogen-bond acceptors (Lipinski definition) is 5. The number of carboxylic acids is 1. The minimum atomic E-state index is -1.19. The average Bonchev–Trinajstić information content (AvgIpc) is 2.95. The highest BCUT2D eigenvalue weighted by atomic mass is 16.5. The highest BCUT2D eigenvalue weighted by Gasteiger charge is 2.08. The second-order valence-electron chi connectivity index (χ2n) is 4.12. The molecule has 1 aromatic heterocycles. The second kappa shape index (κ2) is 7.04. The van der Waals surface area contributed by atoms with Crippen LogP contribution in [0.2, 0.25) is 0 Å². The van der Waals surface area contributed by atoms with Gasteiger partial charge in [0.2, 0.25) is 0 Å². The molecule has 0 aliphatic heterocycles. The zero-order chi connectivity index (χ0) is 15.1. The van der Waals surface area contributed by atoms with Crippen molar-refractivity contribution in [1.82, 2.24) is 20.1 Å². The highest BCUT2D eigenvalue weighted by molar-refractivity contribution is 5.82. The Kier molecular flexibility index (Phi) is 4.86. The van der Waals surface area contributed by atoms with Crippen LogP contribution in [0.3, 0.4) is 0 Å². The Balaban J connectivity index is 1.68. The van der Waals surface area contributed by atoms with E-state index in [1.807, 2.05) is 30.3 Å². The maximum Gasteiger partial charge on any atom is 0.407 e. The van der Waals surface area contributed by atoms with Gasteiger partial charge < -0.3 is 15.2 Å². The third-order valence-electron chi connectivity index (χ3n) is 2.55. The van der Waals surface area contributed by atoms with Crippen molar-refractivity contribution >= 4 is 12.1 Å². The first-order valence-electron chi connectivity index (χ1n) is 6.22. The Labute approximate surface area is 120 Å². The lowest BCUT2D eigenvalue weighted by Gasteiger charge is -2.06. The van der Waals surface area contributed by atoms with Crippen LogP contribution in [0.1, 0.15) is 16.2 Å². The van der Waals surface area contributed by atoms with Gasteiger partial charge in [-0.25, -0.2) is 14.6 Å². The van der Waals surface area contributed by atoms with E-state index in [0.717, 1.165) is 5.56 Å². The minimum Gasteiger partial charge on any atom is -0.475 e. The van der Waals surface area contributed by atoms with Crippen molar-refractivity contribution < 1.29 is 19.4 Å². The van der Waals surface area contributed by atoms with Crippen molar-refractivity contribution in [1.29, 1.82) is 0 Å². The maximum absolute atomic E-state index is 11.4. The van der Waals surface area contributed by atoms with Gasteiger partial charge in [-0.05, 0) is 5.56 Å². The van der Waals surface area contributed by atoms with Crippen LogP contribution in [0, 0.1) is 0 Å². The van der Waals surface area contributed by atoms with Gasteiger partial charge in [0.05, 0.1) is 6.54 Å². The van der Waals surface area contributed by atoms with Crippen LogP contribution in [0.5, 0.6) is 0 Å². The molecule has 8 nitrogen and oxygen atoms in total. The quantitative estimate of drug-likeness (QED) is 0.818. The Morgan fingerprint density at radius 3 is 2.71 bits per heavy atom. The standard InChI is InChI=1S/C13H14N4O4/c18-12(19)11-15-9-17(16-11)7-6-14-13(20)21-8-10-4-2-1-3-5-10/h1-5,9H,6-8H2,(H,14,20)(H,18,19). The summed E-state index contributed by atoms with van der Waals surface area (Å²) < 4.78 is 6.35. The van der Waals surface area contributed by atoms with Crippen LogP contribution in [0.4, 0.5) is 4.79 Å². The number of hydrogen-bond donors (Lipinski definition) is 2. The normalized spacial score (nSPS) is 10.1. The van der Waals surface area contributed by atoms with Gasteiger partial charge in [-0.2, -0.15) is 0 Å². The number of carboxylic acid groups (broad SMARTS) is 1. The number of nitrogens with one attached hydrogen (secondary N) is 1. The topological polar surface area (TPSA) is 106 Å². The third kappa shape index (κ3) is 4.60. The van der Waals surface area contributed by atoms with E-state index in [4.69, 9.17) is 9.84 Å². The maximum atomic E-state index is 11.4. The number of aromatic carboxylic acids is 1. The SMILES string of the molecule is O=C(NCCn1cnc(C(=O)O)n1)OCc1ccccc1. The average molecular weight is 290 g/mol. The Morgan fingerprint density at radius 2 is 2.05 bits per heavy atom. The van der Waals surface area contributed by atoms with Gasteiger partial charge in [0.1, 0.15) is 12.9 Å². The number of carbonyl (C=O) groups excluding carboxylic acids is 1. The monoisotopic (exact) mass is 290 g/mol. The molecule has 0 aliphatic carbocycles. The van der Waals surface area contributed by atoms with Crippen molar-refractivity contribution in [3.05, 3.63) is 48.0 Å². The largest absolute Gasteiger partial charge is 0.475 e. The lowest BCUT2D eigenvalue weighted by Crippen LogP contribution is -2.28. The van der Waals surface area contributed by atoms with E-state index in [-0.39, 0.29) is 19.0 Å². The molecule has 110 valence electrons. The molecule has 2 rings (SSSR count). The molecule has 0 radical (unpaired) electrons. The van der Waals surface area contributed by atoms with Gasteiger partial charge in [0.15, 0.2) is 0 Å². The highest BCUT2D eigenvalue weighted by Crippen LogP contribution is 2.00. The number of amides is 1. The first kappa shape index (κ1) is 14.5. The zero-order valence-electron chi connectivity index (χ0n) is 11.1. The first-order chi connectivity index (χ1) is 10.1. The van der Waals surface area contributed by atoms with E-state index in [0.29, 0.717) is 6.54 Å². The molecule has 2 aromatic rings. The predicted octanol–water partition coefficient (Wildman–Crippen LogP) is 0.903. The van der Waals surface area contributed by atoms with E-state index in [9.17, 15) is 9.59 Å². The molecular weight excluding hydrogens is 276 g/mol. The van der Waals surface area contributed by atoms with Gasteiger partial charge in [0, 0.05) is 6.54 Å². The van der Waals surface area contributed by atoms with Gasteiger partial charge in [-0.1, -0.05) is 30.3 Å². The fourth-order valence-electron chi connectivity index (χ4n) is 1.55. The molecule has 0 bridgehead atoms. The van der Waals surface area contributed by atoms with Gasteiger partial charge >= 0.3 is 12.1 Å². The molecule has 2 N–H and O–H groups in total. The van der Waals surface area contributed by atoms with Crippen LogP contribution in [-0.2, 0) is 17.9 Å². The molecule has 21 heavy (non-hydrogen) atoms. The predicted molar refractivity (Wildman–Crippen MR) is 71.6 cm³/mol. The number of benzene rings is 1. The second-order valence-corrected chi connectivity index (χ2v) is 4.12. The Hall–Kier alpha value is -2.90. The third-order valence-corrected chi connectivity index (χ3v) is 2.55. The van der Waals surface area contributed by atoms with Gasteiger partial charge in [0.25, 0.3) is 5.82 Å². The molecule has 0 saturated carbocycles. The summed E-state index contributed by atoms with van der Waals surface area (Å²) in [5.41, 5.74) is 0.898. The summed E-state index contributed by atoms with van der Waals surface area (Å²) in [4.78, 5) is 25.6. The zero-order valence-corrected chi connectivity index (χ0v) is 11.1. The molecule has 0 unspecified atom stereocenters. The lowest BCUT2D eigenvalue weighted by molar-refractivity contribution is 0.0683. The molecule has 8 heteroatoms. The summed E-state index contributed by atoms with van der Waals surface area (Å²) in [5.74, 6) is -1.47. The summed E-state index contributed by atoms with van der Waals surface area (Å²) in [7, 11) is 0. The fourth-order valence-corrected chi connectivity index (χ4v) is 1.55. The molecule has 1 amide bonds. The van der Waals surface area contributed by atoms with Crippen molar-refractivity contribution in [2.24, 2.45) is 0 Å². The van der Waals surface area contributed by atoms with Crippen LogP contribution in [0.15, 0.2) is 36.7 Å². The van der Waals surface area contributed by atoms with E-state index < -0.39 is 12.1 Å². The molecule has 0 atom stereocenters. The molecule has 1 aromatic carbocycles. The molecule has 0 saturated heterocycles. The smallest absolute Gasteiger partial charge is 0.407 e. The van der Waals surface area contributed by atoms with Crippen LogP contribution in [0.25, 0.3) is 0 Å². The number of ether oxygens (including phenoxy) is 1. The Bertz CT molecular complexity index is 612. The van der Waals surface area contributed by atoms with Gasteiger partial charge in [-0.3, -0.25) is 4.68 Å². The molecular formula is C13H14N4O4. The van der Waals surface area contributed by atoms with Crippen molar-refractivity contribution in [3.63, 3.8) is 0 Å². The first-order valence-corrected chi connectivity index (χ1v) is 6.22.